The topological polar surface area (TPSA) is 88.7 Å². The standard InChI is InChI=1S/C19H18Br2ClN3O4S/c1-10(2)29-15-5-3-11(20)7-13(15)18(27)23-19(30)25-24-17(26)9-28-16-6-4-12(21)8-14(16)22/h3-8,10H,9H2,1-2H3,(H,24,26)(H2,23,25,27,30). The molecule has 2 aromatic rings. The first kappa shape index (κ1) is 24.4. The van der Waals surface area contributed by atoms with E-state index in [2.05, 4.69) is 48.0 Å². The van der Waals surface area contributed by atoms with Crippen molar-refractivity contribution >= 4 is 72.6 Å². The molecule has 0 fully saturated rings. The number of thiocarbonyl (C=S) groups is 1. The summed E-state index contributed by atoms with van der Waals surface area (Å²) >= 11 is 17.7. The zero-order valence-corrected chi connectivity index (χ0v) is 20.7. The van der Waals surface area contributed by atoms with Crippen LogP contribution in [-0.4, -0.2) is 29.6 Å². The zero-order valence-electron chi connectivity index (χ0n) is 15.9. The second kappa shape index (κ2) is 11.5. The van der Waals surface area contributed by atoms with E-state index in [0.717, 1.165) is 4.47 Å². The third-order valence-corrected chi connectivity index (χ3v) is 4.83. The normalized spacial score (nSPS) is 10.3. The fourth-order valence-corrected chi connectivity index (χ4v) is 3.37. The number of hydrogen-bond acceptors (Lipinski definition) is 5. The minimum Gasteiger partial charge on any atom is -0.490 e. The first-order valence-corrected chi connectivity index (χ1v) is 11.0. The molecule has 0 aliphatic rings. The predicted molar refractivity (Wildman–Crippen MR) is 126 cm³/mol. The number of amides is 2. The highest BCUT2D eigenvalue weighted by Crippen LogP contribution is 2.27. The van der Waals surface area contributed by atoms with Crippen molar-refractivity contribution in [1.82, 2.24) is 16.2 Å². The Morgan fingerprint density at radius 2 is 1.70 bits per heavy atom. The van der Waals surface area contributed by atoms with Gasteiger partial charge in [-0.15, -0.1) is 0 Å². The maximum atomic E-state index is 12.5. The molecule has 11 heteroatoms. The summed E-state index contributed by atoms with van der Waals surface area (Å²) in [5.41, 5.74) is 5.07. The number of nitrogens with one attached hydrogen (secondary N) is 3. The van der Waals surface area contributed by atoms with Crippen LogP contribution in [0.15, 0.2) is 45.3 Å². The van der Waals surface area contributed by atoms with Crippen molar-refractivity contribution in [3.63, 3.8) is 0 Å². The molecule has 0 spiro atoms. The SMILES string of the molecule is CC(C)Oc1ccc(Br)cc1C(=O)NC(=S)NNC(=O)COc1ccc(Br)cc1Cl. The maximum Gasteiger partial charge on any atom is 0.276 e. The smallest absolute Gasteiger partial charge is 0.276 e. The summed E-state index contributed by atoms with van der Waals surface area (Å²) in [6.45, 7) is 3.41. The van der Waals surface area contributed by atoms with Crippen LogP contribution in [-0.2, 0) is 4.79 Å². The van der Waals surface area contributed by atoms with Crippen LogP contribution in [0.3, 0.4) is 0 Å². The Morgan fingerprint density at radius 3 is 2.33 bits per heavy atom. The molecule has 0 aromatic heterocycles. The second-order valence-corrected chi connectivity index (χ2v) is 8.77. The fourth-order valence-electron chi connectivity index (χ4n) is 2.14. The Bertz CT molecular complexity index is 959. The predicted octanol–water partition coefficient (Wildman–Crippen LogP) is 4.37. The van der Waals surface area contributed by atoms with Gasteiger partial charge in [0.1, 0.15) is 11.5 Å². The molecule has 0 atom stereocenters. The molecule has 160 valence electrons. The lowest BCUT2D eigenvalue weighted by atomic mass is 10.2. The van der Waals surface area contributed by atoms with E-state index in [4.69, 9.17) is 33.3 Å². The molecule has 2 amide bonds. The summed E-state index contributed by atoms with van der Waals surface area (Å²) < 4.78 is 12.5. The van der Waals surface area contributed by atoms with E-state index in [1.165, 1.54) is 0 Å². The van der Waals surface area contributed by atoms with Gasteiger partial charge in [-0.1, -0.05) is 43.5 Å². The van der Waals surface area contributed by atoms with Crippen molar-refractivity contribution in [2.24, 2.45) is 0 Å². The van der Waals surface area contributed by atoms with Gasteiger partial charge in [-0.2, -0.15) is 0 Å². The molecule has 7 nitrogen and oxygen atoms in total. The summed E-state index contributed by atoms with van der Waals surface area (Å²) in [5.74, 6) is -0.232. The van der Waals surface area contributed by atoms with Gasteiger partial charge in [0.15, 0.2) is 11.7 Å². The van der Waals surface area contributed by atoms with E-state index in [9.17, 15) is 9.59 Å². The van der Waals surface area contributed by atoms with Crippen LogP contribution < -0.4 is 25.6 Å². The minimum atomic E-state index is -0.517. The van der Waals surface area contributed by atoms with Gasteiger partial charge in [-0.25, -0.2) is 0 Å². The molecule has 0 aliphatic carbocycles. The average Bonchev–Trinajstić information content (AvgIpc) is 2.66. The lowest BCUT2D eigenvalue weighted by Crippen LogP contribution is -2.49. The second-order valence-electron chi connectivity index (χ2n) is 6.13. The molecule has 0 saturated heterocycles. The molecule has 0 radical (unpaired) electrons. The van der Waals surface area contributed by atoms with Crippen molar-refractivity contribution in [2.75, 3.05) is 6.61 Å². The third kappa shape index (κ3) is 7.75. The lowest BCUT2D eigenvalue weighted by Gasteiger charge is -2.15. The number of benzene rings is 2. The van der Waals surface area contributed by atoms with Gasteiger partial charge in [0.05, 0.1) is 16.7 Å². The Labute approximate surface area is 201 Å². The molecule has 0 bridgehead atoms. The van der Waals surface area contributed by atoms with Crippen LogP contribution >= 0.6 is 55.7 Å². The Hall–Kier alpha value is -1.88. The fraction of sp³-hybridized carbons (Fsp3) is 0.211. The molecule has 2 aromatic carbocycles. The van der Waals surface area contributed by atoms with Gasteiger partial charge < -0.3 is 9.47 Å². The molecule has 0 heterocycles. The van der Waals surface area contributed by atoms with Crippen LogP contribution in [0.25, 0.3) is 0 Å². The van der Waals surface area contributed by atoms with Crippen molar-refractivity contribution in [3.8, 4) is 11.5 Å². The van der Waals surface area contributed by atoms with Gasteiger partial charge in [0, 0.05) is 8.95 Å². The van der Waals surface area contributed by atoms with E-state index >= 15 is 0 Å². The number of halogens is 3. The van der Waals surface area contributed by atoms with E-state index in [1.54, 1.807) is 36.4 Å². The van der Waals surface area contributed by atoms with Gasteiger partial charge in [0.2, 0.25) is 0 Å². The Balaban J connectivity index is 1.86. The molecule has 3 N–H and O–H groups in total. The Kier molecular flexibility index (Phi) is 9.35. The van der Waals surface area contributed by atoms with E-state index in [0.29, 0.717) is 26.6 Å². The van der Waals surface area contributed by atoms with Gasteiger partial charge in [-0.05, 0) is 62.5 Å². The number of hydrazine groups is 1. The highest BCUT2D eigenvalue weighted by molar-refractivity contribution is 9.10. The number of carbonyl (C=O) groups is 2. The quantitative estimate of drug-likeness (QED) is 0.348. The Morgan fingerprint density at radius 1 is 1.07 bits per heavy atom. The molecule has 2 rings (SSSR count). The van der Waals surface area contributed by atoms with Crippen molar-refractivity contribution < 1.29 is 19.1 Å². The van der Waals surface area contributed by atoms with Crippen LogP contribution in [0.4, 0.5) is 0 Å². The highest BCUT2D eigenvalue weighted by atomic mass is 79.9. The summed E-state index contributed by atoms with van der Waals surface area (Å²) in [6.07, 6.45) is -0.110. The van der Waals surface area contributed by atoms with E-state index in [1.807, 2.05) is 13.8 Å². The summed E-state index contributed by atoms with van der Waals surface area (Å²) in [5, 5.41) is 2.75. The molecule has 0 saturated carbocycles. The number of rotatable bonds is 6. The first-order chi connectivity index (χ1) is 14.2. The van der Waals surface area contributed by atoms with Crippen molar-refractivity contribution in [3.05, 3.63) is 55.9 Å². The largest absolute Gasteiger partial charge is 0.490 e. The summed E-state index contributed by atoms with van der Waals surface area (Å²) in [6, 6.07) is 10.1. The van der Waals surface area contributed by atoms with Crippen LogP contribution in [0.5, 0.6) is 11.5 Å². The monoisotopic (exact) mass is 577 g/mol. The number of hydrogen-bond donors (Lipinski definition) is 3. The zero-order chi connectivity index (χ0) is 22.3. The minimum absolute atomic E-state index is 0.0921. The molecule has 0 aliphatic heterocycles. The molecule has 30 heavy (non-hydrogen) atoms. The van der Waals surface area contributed by atoms with E-state index in [-0.39, 0.29) is 17.8 Å². The highest BCUT2D eigenvalue weighted by Gasteiger charge is 2.16. The van der Waals surface area contributed by atoms with Gasteiger partial charge in [0.25, 0.3) is 11.8 Å². The average molecular weight is 580 g/mol. The first-order valence-electron chi connectivity index (χ1n) is 8.60. The third-order valence-electron chi connectivity index (χ3n) is 3.34. The molecule has 0 unspecified atom stereocenters. The van der Waals surface area contributed by atoms with E-state index < -0.39 is 11.8 Å². The number of ether oxygens (including phenoxy) is 2. The molecular weight excluding hydrogens is 562 g/mol. The number of carbonyl (C=O) groups excluding carboxylic acids is 2. The summed E-state index contributed by atoms with van der Waals surface area (Å²) in [4.78, 5) is 24.5. The van der Waals surface area contributed by atoms with Gasteiger partial charge >= 0.3 is 0 Å². The van der Waals surface area contributed by atoms with Crippen LogP contribution in [0.2, 0.25) is 5.02 Å². The van der Waals surface area contributed by atoms with Crippen molar-refractivity contribution in [2.45, 2.75) is 20.0 Å². The summed E-state index contributed by atoms with van der Waals surface area (Å²) in [7, 11) is 0. The maximum absolute atomic E-state index is 12.5. The van der Waals surface area contributed by atoms with Crippen LogP contribution in [0.1, 0.15) is 24.2 Å². The van der Waals surface area contributed by atoms with Crippen LogP contribution in [0, 0.1) is 0 Å². The van der Waals surface area contributed by atoms with Gasteiger partial charge in [-0.3, -0.25) is 25.8 Å². The lowest BCUT2D eigenvalue weighted by molar-refractivity contribution is -0.123. The van der Waals surface area contributed by atoms with Crippen molar-refractivity contribution in [1.29, 1.82) is 0 Å². The molecular formula is C19H18Br2ClN3O4S.